The number of benzene rings is 1. The van der Waals surface area contributed by atoms with Gasteiger partial charge in [0, 0.05) is 7.05 Å². The van der Waals surface area contributed by atoms with Crippen molar-refractivity contribution in [2.24, 2.45) is 7.05 Å². The first-order valence-corrected chi connectivity index (χ1v) is 7.26. The Morgan fingerprint density at radius 3 is 2.65 bits per heavy atom. The van der Waals surface area contributed by atoms with E-state index in [9.17, 15) is 0 Å². The number of aromatic nitrogens is 4. The number of hydrogen-bond acceptors (Lipinski definition) is 2. The molecule has 0 unspecified atom stereocenters. The molecule has 0 aliphatic heterocycles. The van der Waals surface area contributed by atoms with Crippen LogP contribution in [0.25, 0.3) is 16.9 Å². The van der Waals surface area contributed by atoms with Gasteiger partial charge >= 0.3 is 0 Å². The molecule has 1 aromatic carbocycles. The number of rotatable bonds is 3. The highest BCUT2D eigenvalue weighted by molar-refractivity contribution is 6.17. The predicted octanol–water partition coefficient (Wildman–Crippen LogP) is 3.37. The van der Waals surface area contributed by atoms with E-state index in [1.807, 2.05) is 23.9 Å². The fourth-order valence-electron chi connectivity index (χ4n) is 2.62. The summed E-state index contributed by atoms with van der Waals surface area (Å²) in [4.78, 5) is 4.69. The van der Waals surface area contributed by atoms with Gasteiger partial charge in [-0.3, -0.25) is 4.57 Å². The number of halogens is 1. The summed E-state index contributed by atoms with van der Waals surface area (Å²) in [5, 5.41) is 4.55. The molecule has 0 aliphatic rings. The zero-order valence-corrected chi connectivity index (χ0v) is 12.6. The Kier molecular flexibility index (Phi) is 3.26. The largest absolute Gasteiger partial charge is 0.280 e. The highest BCUT2D eigenvalue weighted by atomic mass is 35.5. The van der Waals surface area contributed by atoms with Crippen LogP contribution in [0.1, 0.15) is 24.0 Å². The first-order valence-electron chi connectivity index (χ1n) is 6.72. The van der Waals surface area contributed by atoms with Crippen molar-refractivity contribution in [3.63, 3.8) is 0 Å². The van der Waals surface area contributed by atoms with Crippen molar-refractivity contribution in [1.29, 1.82) is 0 Å². The molecule has 20 heavy (non-hydrogen) atoms. The number of fused-ring (bicyclic) bond motifs is 1. The van der Waals surface area contributed by atoms with Crippen LogP contribution in [0.15, 0.2) is 24.3 Å². The Labute approximate surface area is 123 Å². The van der Waals surface area contributed by atoms with Crippen molar-refractivity contribution in [3.05, 3.63) is 41.3 Å². The molecule has 0 spiro atoms. The van der Waals surface area contributed by atoms with Crippen LogP contribution >= 0.6 is 11.6 Å². The molecule has 0 amide bonds. The minimum Gasteiger partial charge on any atom is -0.280 e. The van der Waals surface area contributed by atoms with E-state index in [4.69, 9.17) is 11.6 Å². The molecule has 5 heteroatoms. The molecule has 2 aromatic heterocycles. The standard InChI is InChI=1S/C15H17ClN4/c1-4-11-14-15(19(3)18-11)20(13(9-16)17-14)12-8-6-5-7-10(12)2/h5-8H,4,9H2,1-3H3. The third-order valence-corrected chi connectivity index (χ3v) is 3.82. The first-order chi connectivity index (χ1) is 9.67. The summed E-state index contributed by atoms with van der Waals surface area (Å²) >= 11 is 6.10. The van der Waals surface area contributed by atoms with Crippen LogP contribution in [0.4, 0.5) is 0 Å². The number of hydrogen-bond donors (Lipinski definition) is 0. The van der Waals surface area contributed by atoms with Gasteiger partial charge in [0.15, 0.2) is 5.65 Å². The molecule has 4 nitrogen and oxygen atoms in total. The predicted molar refractivity (Wildman–Crippen MR) is 81.5 cm³/mol. The Balaban J connectivity index is 2.39. The number of para-hydroxylation sites is 1. The lowest BCUT2D eigenvalue weighted by Gasteiger charge is -2.10. The maximum absolute atomic E-state index is 6.10. The van der Waals surface area contributed by atoms with Crippen molar-refractivity contribution in [3.8, 4) is 5.69 Å². The van der Waals surface area contributed by atoms with Crippen molar-refractivity contribution < 1.29 is 0 Å². The minimum atomic E-state index is 0.381. The molecule has 0 fully saturated rings. The van der Waals surface area contributed by atoms with Gasteiger partial charge in [0.1, 0.15) is 11.3 Å². The smallest absolute Gasteiger partial charge is 0.163 e. The summed E-state index contributed by atoms with van der Waals surface area (Å²) in [5.41, 5.74) is 5.27. The molecule has 3 rings (SSSR count). The third-order valence-electron chi connectivity index (χ3n) is 3.58. The van der Waals surface area contributed by atoms with E-state index in [0.29, 0.717) is 5.88 Å². The van der Waals surface area contributed by atoms with Crippen molar-refractivity contribution in [2.45, 2.75) is 26.1 Å². The maximum Gasteiger partial charge on any atom is 0.163 e. The Hall–Kier alpha value is -1.81. The van der Waals surface area contributed by atoms with Gasteiger partial charge in [-0.1, -0.05) is 25.1 Å². The van der Waals surface area contributed by atoms with Gasteiger partial charge in [0.25, 0.3) is 0 Å². The van der Waals surface area contributed by atoms with Gasteiger partial charge < -0.3 is 0 Å². The lowest BCUT2D eigenvalue weighted by atomic mass is 10.2. The zero-order chi connectivity index (χ0) is 14.3. The summed E-state index contributed by atoms with van der Waals surface area (Å²) in [6, 6.07) is 8.25. The van der Waals surface area contributed by atoms with Gasteiger partial charge in [-0.25, -0.2) is 9.67 Å². The number of alkyl halides is 1. The van der Waals surface area contributed by atoms with Crippen LogP contribution in [-0.2, 0) is 19.3 Å². The average Bonchev–Trinajstić information content (AvgIpc) is 2.97. The summed E-state index contributed by atoms with van der Waals surface area (Å²) in [6.07, 6.45) is 0.865. The molecule has 0 saturated heterocycles. The van der Waals surface area contributed by atoms with Gasteiger partial charge in [-0.15, -0.1) is 11.6 Å². The first kappa shape index (κ1) is 13.2. The summed E-state index contributed by atoms with van der Waals surface area (Å²) < 4.78 is 4.01. The second-order valence-corrected chi connectivity index (χ2v) is 5.15. The molecular formula is C15H17ClN4. The van der Waals surface area contributed by atoms with Gasteiger partial charge in [0.2, 0.25) is 0 Å². The topological polar surface area (TPSA) is 35.6 Å². The van der Waals surface area contributed by atoms with Crippen molar-refractivity contribution in [2.75, 3.05) is 0 Å². The quantitative estimate of drug-likeness (QED) is 0.693. The second kappa shape index (κ2) is 4.94. The van der Waals surface area contributed by atoms with E-state index in [-0.39, 0.29) is 0 Å². The Morgan fingerprint density at radius 1 is 1.25 bits per heavy atom. The number of nitrogens with zero attached hydrogens (tertiary/aromatic N) is 4. The van der Waals surface area contributed by atoms with Crippen LogP contribution in [0.5, 0.6) is 0 Å². The van der Waals surface area contributed by atoms with E-state index >= 15 is 0 Å². The molecule has 3 aromatic rings. The minimum absolute atomic E-state index is 0.381. The lowest BCUT2D eigenvalue weighted by molar-refractivity contribution is 0.744. The SMILES string of the molecule is CCc1nn(C)c2c1nc(CCl)n2-c1ccccc1C. The van der Waals surface area contributed by atoms with Gasteiger partial charge in [-0.05, 0) is 25.0 Å². The second-order valence-electron chi connectivity index (χ2n) is 4.88. The maximum atomic E-state index is 6.10. The van der Waals surface area contributed by atoms with E-state index < -0.39 is 0 Å². The fraction of sp³-hybridized carbons (Fsp3) is 0.333. The Bertz CT molecular complexity index is 770. The van der Waals surface area contributed by atoms with E-state index in [1.54, 1.807) is 0 Å². The normalized spacial score (nSPS) is 11.4. The van der Waals surface area contributed by atoms with Crippen LogP contribution in [0.2, 0.25) is 0 Å². The molecule has 0 bridgehead atoms. The average molecular weight is 289 g/mol. The zero-order valence-electron chi connectivity index (χ0n) is 11.9. The van der Waals surface area contributed by atoms with E-state index in [1.165, 1.54) is 5.56 Å². The third kappa shape index (κ3) is 1.83. The monoisotopic (exact) mass is 288 g/mol. The molecule has 0 saturated carbocycles. The molecule has 0 radical (unpaired) electrons. The van der Waals surface area contributed by atoms with Gasteiger partial charge in [0.05, 0.1) is 17.3 Å². The van der Waals surface area contributed by atoms with E-state index in [0.717, 1.165) is 34.8 Å². The molecule has 2 heterocycles. The number of imidazole rings is 1. The highest BCUT2D eigenvalue weighted by Gasteiger charge is 2.19. The molecular weight excluding hydrogens is 272 g/mol. The molecule has 0 N–H and O–H groups in total. The van der Waals surface area contributed by atoms with Crippen LogP contribution < -0.4 is 0 Å². The fourth-order valence-corrected chi connectivity index (χ4v) is 2.80. The molecule has 0 aliphatic carbocycles. The van der Waals surface area contributed by atoms with Crippen LogP contribution in [0.3, 0.4) is 0 Å². The highest BCUT2D eigenvalue weighted by Crippen LogP contribution is 2.26. The molecule has 104 valence electrons. The summed E-state index contributed by atoms with van der Waals surface area (Å²) in [6.45, 7) is 4.19. The van der Waals surface area contributed by atoms with Gasteiger partial charge in [-0.2, -0.15) is 5.10 Å². The Morgan fingerprint density at radius 2 is 2.00 bits per heavy atom. The molecule has 0 atom stereocenters. The van der Waals surface area contributed by atoms with Crippen molar-refractivity contribution in [1.82, 2.24) is 19.3 Å². The lowest BCUT2D eigenvalue weighted by Crippen LogP contribution is -2.05. The van der Waals surface area contributed by atoms with E-state index in [2.05, 4.69) is 40.6 Å². The number of aryl methyl sites for hydroxylation is 3. The summed E-state index contributed by atoms with van der Waals surface area (Å²) in [5.74, 6) is 1.24. The van der Waals surface area contributed by atoms with Crippen LogP contribution in [-0.4, -0.2) is 19.3 Å². The van der Waals surface area contributed by atoms with Crippen molar-refractivity contribution >= 4 is 22.8 Å². The summed E-state index contributed by atoms with van der Waals surface area (Å²) in [7, 11) is 1.95. The van der Waals surface area contributed by atoms with Crippen LogP contribution in [0, 0.1) is 6.92 Å².